The minimum absolute atomic E-state index is 0.177. The lowest BCUT2D eigenvalue weighted by Crippen LogP contribution is -2.49. The Morgan fingerprint density at radius 1 is 0.842 bits per heavy atom. The van der Waals surface area contributed by atoms with E-state index in [-0.39, 0.29) is 22.7 Å². The summed E-state index contributed by atoms with van der Waals surface area (Å²) in [7, 11) is 0. The summed E-state index contributed by atoms with van der Waals surface area (Å²) in [4.78, 5) is 29.2. The molecular weight excluding hydrogens is 476 g/mol. The normalized spacial score (nSPS) is 15.0. The molecule has 0 bridgehead atoms. The van der Waals surface area contributed by atoms with Crippen molar-refractivity contribution in [3.63, 3.8) is 0 Å². The summed E-state index contributed by atoms with van der Waals surface area (Å²) in [5.41, 5.74) is 4.41. The number of benzene rings is 2. The third-order valence-electron chi connectivity index (χ3n) is 7.32. The van der Waals surface area contributed by atoms with E-state index in [2.05, 4.69) is 58.6 Å². The van der Waals surface area contributed by atoms with E-state index < -0.39 is 0 Å². The molecule has 2 aromatic carbocycles. The predicted octanol–water partition coefficient (Wildman–Crippen LogP) is 5.48. The number of ether oxygens (including phenoxy) is 1. The van der Waals surface area contributed by atoms with Gasteiger partial charge in [-0.1, -0.05) is 65.8 Å². The first-order valence-corrected chi connectivity index (χ1v) is 13.9. The first kappa shape index (κ1) is 29.7. The summed E-state index contributed by atoms with van der Waals surface area (Å²) in [6, 6.07) is 11.8. The van der Waals surface area contributed by atoms with Crippen LogP contribution in [0.4, 0.5) is 0 Å². The number of nitrogens with zero attached hydrogens (tertiary/aromatic N) is 2. The van der Waals surface area contributed by atoms with Crippen LogP contribution >= 0.6 is 0 Å². The van der Waals surface area contributed by atoms with E-state index in [1.807, 2.05) is 29.2 Å². The van der Waals surface area contributed by atoms with Gasteiger partial charge in [-0.25, -0.2) is 4.79 Å². The maximum atomic E-state index is 13.0. The minimum Gasteiger partial charge on any atom is -0.507 e. The zero-order valence-corrected chi connectivity index (χ0v) is 24.4. The van der Waals surface area contributed by atoms with Crippen molar-refractivity contribution < 1.29 is 19.4 Å². The third kappa shape index (κ3) is 7.83. The number of aromatic hydroxyl groups is 1. The van der Waals surface area contributed by atoms with Crippen LogP contribution in [0.3, 0.4) is 0 Å². The molecule has 1 aliphatic rings. The quantitative estimate of drug-likeness (QED) is 0.465. The van der Waals surface area contributed by atoms with Gasteiger partial charge in [0.15, 0.2) is 0 Å². The largest absolute Gasteiger partial charge is 0.507 e. The number of phenols is 1. The molecule has 0 unspecified atom stereocenters. The van der Waals surface area contributed by atoms with Gasteiger partial charge in [-0.15, -0.1) is 0 Å². The SMILES string of the molecule is CCOC(=O)c1ccc(CCN2CCN(C(=O)CCc3cc(C(C)(C)C)c(O)c(C(C)(C)C)c3)CC2)cc1. The van der Waals surface area contributed by atoms with Crippen LogP contribution in [0.5, 0.6) is 5.75 Å². The van der Waals surface area contributed by atoms with Crippen molar-refractivity contribution in [2.45, 2.75) is 78.6 Å². The molecule has 38 heavy (non-hydrogen) atoms. The Labute approximate surface area is 229 Å². The summed E-state index contributed by atoms with van der Waals surface area (Å²) in [6.07, 6.45) is 2.06. The Kier molecular flexibility index (Phi) is 9.64. The summed E-state index contributed by atoms with van der Waals surface area (Å²) < 4.78 is 5.05. The highest BCUT2D eigenvalue weighted by atomic mass is 16.5. The number of esters is 1. The average molecular weight is 523 g/mol. The smallest absolute Gasteiger partial charge is 0.338 e. The first-order valence-electron chi connectivity index (χ1n) is 13.9. The van der Waals surface area contributed by atoms with Crippen molar-refractivity contribution in [3.8, 4) is 5.75 Å². The Balaban J connectivity index is 1.51. The third-order valence-corrected chi connectivity index (χ3v) is 7.32. The average Bonchev–Trinajstić information content (AvgIpc) is 2.86. The van der Waals surface area contributed by atoms with Gasteiger partial charge >= 0.3 is 5.97 Å². The second kappa shape index (κ2) is 12.3. The highest BCUT2D eigenvalue weighted by Crippen LogP contribution is 2.40. The fraction of sp³-hybridized carbons (Fsp3) is 0.562. The predicted molar refractivity (Wildman–Crippen MR) is 153 cm³/mol. The van der Waals surface area contributed by atoms with Crippen molar-refractivity contribution in [2.24, 2.45) is 0 Å². The second-order valence-electron chi connectivity index (χ2n) is 12.4. The highest BCUT2D eigenvalue weighted by molar-refractivity contribution is 5.89. The molecule has 0 atom stereocenters. The van der Waals surface area contributed by atoms with Gasteiger partial charge in [0.25, 0.3) is 0 Å². The van der Waals surface area contributed by atoms with Gasteiger partial charge in [-0.3, -0.25) is 9.69 Å². The molecule has 0 aromatic heterocycles. The van der Waals surface area contributed by atoms with Gasteiger partial charge in [0.05, 0.1) is 12.2 Å². The minimum atomic E-state index is -0.283. The van der Waals surface area contributed by atoms with Crippen LogP contribution in [0, 0.1) is 0 Å². The maximum absolute atomic E-state index is 13.0. The molecular formula is C32H46N2O4. The van der Waals surface area contributed by atoms with Gasteiger partial charge in [0.2, 0.25) is 5.91 Å². The number of amides is 1. The molecule has 0 radical (unpaired) electrons. The molecule has 1 heterocycles. The lowest BCUT2D eigenvalue weighted by molar-refractivity contribution is -0.132. The van der Waals surface area contributed by atoms with Gasteiger partial charge in [0, 0.05) is 39.1 Å². The van der Waals surface area contributed by atoms with Crippen molar-refractivity contribution >= 4 is 11.9 Å². The van der Waals surface area contributed by atoms with Crippen molar-refractivity contribution in [1.29, 1.82) is 0 Å². The Morgan fingerprint density at radius 3 is 1.89 bits per heavy atom. The number of aryl methyl sites for hydroxylation is 1. The fourth-order valence-corrected chi connectivity index (χ4v) is 4.92. The van der Waals surface area contributed by atoms with Gasteiger partial charge in [-0.05, 0) is 65.0 Å². The number of carbonyl (C=O) groups excluding carboxylic acids is 2. The van der Waals surface area contributed by atoms with E-state index in [4.69, 9.17) is 4.74 Å². The van der Waals surface area contributed by atoms with E-state index in [1.54, 1.807) is 6.92 Å². The van der Waals surface area contributed by atoms with Gasteiger partial charge in [-0.2, -0.15) is 0 Å². The van der Waals surface area contributed by atoms with Crippen LogP contribution in [0.15, 0.2) is 36.4 Å². The molecule has 6 nitrogen and oxygen atoms in total. The topological polar surface area (TPSA) is 70.1 Å². The van der Waals surface area contributed by atoms with Crippen molar-refractivity contribution in [2.75, 3.05) is 39.3 Å². The van der Waals surface area contributed by atoms with E-state index >= 15 is 0 Å². The molecule has 0 aliphatic carbocycles. The van der Waals surface area contributed by atoms with E-state index in [1.165, 1.54) is 5.56 Å². The molecule has 0 spiro atoms. The molecule has 3 rings (SSSR count). The number of rotatable bonds is 8. The number of hydrogen-bond donors (Lipinski definition) is 1. The second-order valence-corrected chi connectivity index (χ2v) is 12.4. The molecule has 0 saturated carbocycles. The number of carbonyl (C=O) groups is 2. The zero-order chi connectivity index (χ0) is 28.1. The summed E-state index contributed by atoms with van der Waals surface area (Å²) in [5.74, 6) is 0.294. The number of piperazine rings is 1. The molecule has 1 aliphatic heterocycles. The van der Waals surface area contributed by atoms with E-state index in [0.29, 0.717) is 30.8 Å². The van der Waals surface area contributed by atoms with Gasteiger partial charge in [0.1, 0.15) is 5.75 Å². The Hall–Kier alpha value is -2.86. The van der Waals surface area contributed by atoms with Crippen LogP contribution < -0.4 is 0 Å². The fourth-order valence-electron chi connectivity index (χ4n) is 4.92. The van der Waals surface area contributed by atoms with Crippen molar-refractivity contribution in [3.05, 3.63) is 64.2 Å². The summed E-state index contributed by atoms with van der Waals surface area (Å²) in [6.45, 7) is 19.0. The zero-order valence-electron chi connectivity index (χ0n) is 24.4. The molecule has 1 fully saturated rings. The summed E-state index contributed by atoms with van der Waals surface area (Å²) in [5, 5.41) is 11.0. The highest BCUT2D eigenvalue weighted by Gasteiger charge is 2.27. The van der Waals surface area contributed by atoms with Gasteiger partial charge < -0.3 is 14.7 Å². The molecule has 6 heteroatoms. The summed E-state index contributed by atoms with van der Waals surface area (Å²) >= 11 is 0. The van der Waals surface area contributed by atoms with Crippen LogP contribution in [0.2, 0.25) is 0 Å². The lowest BCUT2D eigenvalue weighted by Gasteiger charge is -2.35. The Morgan fingerprint density at radius 2 is 1.39 bits per heavy atom. The standard InChI is InChI=1S/C32H46N2O4/c1-8-38-30(37)25-12-9-23(10-13-25)15-16-33-17-19-34(20-18-33)28(35)14-11-24-21-26(31(2,3)4)29(36)27(22-24)32(5,6)7/h9-10,12-13,21-22,36H,8,11,14-20H2,1-7H3. The van der Waals surface area contributed by atoms with E-state index in [9.17, 15) is 14.7 Å². The number of hydrogen-bond acceptors (Lipinski definition) is 5. The molecule has 2 aromatic rings. The molecule has 1 N–H and O–H groups in total. The monoisotopic (exact) mass is 522 g/mol. The Bertz CT molecular complexity index is 1070. The molecule has 1 saturated heterocycles. The van der Waals surface area contributed by atoms with Crippen molar-refractivity contribution in [1.82, 2.24) is 9.80 Å². The first-order chi connectivity index (χ1) is 17.8. The maximum Gasteiger partial charge on any atom is 0.338 e. The molecule has 1 amide bonds. The molecule has 208 valence electrons. The van der Waals surface area contributed by atoms with E-state index in [0.717, 1.165) is 55.8 Å². The number of phenolic OH excluding ortho intramolecular Hbond substituents is 1. The lowest BCUT2D eigenvalue weighted by atomic mass is 9.78. The van der Waals surface area contributed by atoms with Crippen LogP contribution in [-0.2, 0) is 33.2 Å². The van der Waals surface area contributed by atoms with Crippen LogP contribution in [-0.4, -0.2) is 66.1 Å². The van der Waals surface area contributed by atoms with Crippen LogP contribution in [0.1, 0.15) is 87.5 Å². The van der Waals surface area contributed by atoms with Crippen LogP contribution in [0.25, 0.3) is 0 Å².